The molecule has 0 saturated heterocycles. The Morgan fingerprint density at radius 1 is 1.17 bits per heavy atom. The van der Waals surface area contributed by atoms with Crippen LogP contribution in [0.2, 0.25) is 0 Å². The van der Waals surface area contributed by atoms with Gasteiger partial charge < -0.3 is 10.1 Å². The van der Waals surface area contributed by atoms with E-state index in [2.05, 4.69) is 5.32 Å². The summed E-state index contributed by atoms with van der Waals surface area (Å²) in [6.07, 6.45) is 0.283. The fourth-order valence-corrected chi connectivity index (χ4v) is 6.56. The minimum absolute atomic E-state index is 0.159. The molecule has 0 spiro atoms. The molecule has 150 valence electrons. The van der Waals surface area contributed by atoms with E-state index in [9.17, 15) is 13.2 Å². The fourth-order valence-electron chi connectivity index (χ4n) is 3.54. The van der Waals surface area contributed by atoms with Crippen LogP contribution in [0.25, 0.3) is 0 Å². The highest BCUT2D eigenvalue weighted by molar-refractivity contribution is 7.91. The van der Waals surface area contributed by atoms with Crippen molar-refractivity contribution in [3.8, 4) is 5.75 Å². The highest BCUT2D eigenvalue weighted by Crippen LogP contribution is 2.46. The Labute approximate surface area is 174 Å². The number of sulfone groups is 1. The minimum Gasteiger partial charge on any atom is -0.494 e. The molecule has 2 heterocycles. The first-order valence-corrected chi connectivity index (χ1v) is 11.7. The zero-order chi connectivity index (χ0) is 20.6. The Bertz CT molecular complexity index is 1160. The second kappa shape index (κ2) is 7.65. The zero-order valence-corrected chi connectivity index (χ0v) is 17.8. The molecule has 1 N–H and O–H groups in total. The minimum atomic E-state index is -3.73. The van der Waals surface area contributed by atoms with Crippen molar-refractivity contribution in [2.45, 2.75) is 36.0 Å². The third-order valence-corrected chi connectivity index (χ3v) is 7.96. The topological polar surface area (TPSA) is 72.5 Å². The predicted molar refractivity (Wildman–Crippen MR) is 114 cm³/mol. The molecule has 1 aromatic heterocycles. The highest BCUT2D eigenvalue weighted by Gasteiger charge is 2.34. The molecule has 1 aliphatic heterocycles. The number of ether oxygens (including phenoxy) is 1. The fraction of sp³-hybridized carbons (Fsp3) is 0.227. The van der Waals surface area contributed by atoms with E-state index in [4.69, 9.17) is 4.74 Å². The Kier molecular flexibility index (Phi) is 5.19. The molecule has 4 rings (SSSR count). The van der Waals surface area contributed by atoms with Gasteiger partial charge in [-0.05, 0) is 49.2 Å². The van der Waals surface area contributed by atoms with Crippen LogP contribution in [-0.2, 0) is 14.6 Å². The molecule has 0 bridgehead atoms. The van der Waals surface area contributed by atoms with Gasteiger partial charge in [0.05, 0.1) is 17.2 Å². The molecule has 29 heavy (non-hydrogen) atoms. The highest BCUT2D eigenvalue weighted by atomic mass is 32.2. The first-order valence-electron chi connectivity index (χ1n) is 9.36. The summed E-state index contributed by atoms with van der Waals surface area (Å²) in [5.41, 5.74) is 2.24. The lowest BCUT2D eigenvalue weighted by molar-refractivity contribution is -0.116. The maximum Gasteiger partial charge on any atom is 0.225 e. The molecule has 0 unspecified atom stereocenters. The van der Waals surface area contributed by atoms with Crippen molar-refractivity contribution in [2.24, 2.45) is 0 Å². The number of amides is 1. The SMILES string of the molecule is CCOc1ccc([C@@H]2CC(=O)Nc3c(S(=O)(=O)c4cccc(C)c4)csc32)cc1. The van der Waals surface area contributed by atoms with Crippen LogP contribution in [0.3, 0.4) is 0 Å². The second-order valence-corrected chi connectivity index (χ2v) is 9.80. The van der Waals surface area contributed by atoms with Crippen molar-refractivity contribution in [3.63, 3.8) is 0 Å². The lowest BCUT2D eigenvalue weighted by Crippen LogP contribution is -2.23. The molecule has 1 aliphatic rings. The summed E-state index contributed by atoms with van der Waals surface area (Å²) in [7, 11) is -3.73. The number of nitrogens with one attached hydrogen (secondary N) is 1. The van der Waals surface area contributed by atoms with E-state index in [-0.39, 0.29) is 28.0 Å². The summed E-state index contributed by atoms with van der Waals surface area (Å²) in [4.78, 5) is 13.7. The summed E-state index contributed by atoms with van der Waals surface area (Å²) >= 11 is 1.37. The number of thiophene rings is 1. The number of hydrogen-bond donors (Lipinski definition) is 1. The van der Waals surface area contributed by atoms with Gasteiger partial charge in [0.2, 0.25) is 15.7 Å². The van der Waals surface area contributed by atoms with Gasteiger partial charge in [-0.25, -0.2) is 8.42 Å². The summed E-state index contributed by atoms with van der Waals surface area (Å²) < 4.78 is 31.9. The van der Waals surface area contributed by atoms with Gasteiger partial charge in [-0.15, -0.1) is 11.3 Å². The zero-order valence-electron chi connectivity index (χ0n) is 16.1. The van der Waals surface area contributed by atoms with Crippen LogP contribution in [0.1, 0.15) is 35.3 Å². The van der Waals surface area contributed by atoms with Crippen molar-refractivity contribution in [3.05, 3.63) is 69.9 Å². The normalized spacial score (nSPS) is 16.2. The van der Waals surface area contributed by atoms with Crippen LogP contribution in [0.5, 0.6) is 5.75 Å². The number of carbonyl (C=O) groups is 1. The van der Waals surface area contributed by atoms with E-state index in [1.54, 1.807) is 23.6 Å². The molecule has 7 heteroatoms. The van der Waals surface area contributed by atoms with Gasteiger partial charge in [0.15, 0.2) is 0 Å². The molecular weight excluding hydrogens is 406 g/mol. The quantitative estimate of drug-likeness (QED) is 0.637. The molecule has 1 atom stereocenters. The average molecular weight is 428 g/mol. The van der Waals surface area contributed by atoms with Gasteiger partial charge in [-0.2, -0.15) is 0 Å². The Morgan fingerprint density at radius 3 is 2.62 bits per heavy atom. The molecule has 0 saturated carbocycles. The number of anilines is 1. The van der Waals surface area contributed by atoms with Crippen LogP contribution in [-0.4, -0.2) is 20.9 Å². The van der Waals surface area contributed by atoms with Crippen molar-refractivity contribution in [2.75, 3.05) is 11.9 Å². The lowest BCUT2D eigenvalue weighted by Gasteiger charge is -2.24. The number of benzene rings is 2. The van der Waals surface area contributed by atoms with Gasteiger partial charge in [-0.3, -0.25) is 4.79 Å². The van der Waals surface area contributed by atoms with Crippen LogP contribution in [0.4, 0.5) is 5.69 Å². The van der Waals surface area contributed by atoms with Crippen molar-refractivity contribution in [1.29, 1.82) is 0 Å². The molecule has 2 aromatic carbocycles. The average Bonchev–Trinajstić information content (AvgIpc) is 3.13. The maximum absolute atomic E-state index is 13.2. The molecule has 0 fully saturated rings. The van der Waals surface area contributed by atoms with Gasteiger partial charge in [0.25, 0.3) is 0 Å². The summed E-state index contributed by atoms with van der Waals surface area (Å²) in [6, 6.07) is 14.4. The van der Waals surface area contributed by atoms with Crippen LogP contribution >= 0.6 is 11.3 Å². The number of carbonyl (C=O) groups excluding carboxylic acids is 1. The van der Waals surface area contributed by atoms with Crippen molar-refractivity contribution < 1.29 is 17.9 Å². The number of aryl methyl sites for hydroxylation is 1. The molecular formula is C22H21NO4S2. The van der Waals surface area contributed by atoms with Crippen LogP contribution in [0.15, 0.2) is 63.7 Å². The monoisotopic (exact) mass is 427 g/mol. The lowest BCUT2D eigenvalue weighted by atomic mass is 9.90. The molecule has 3 aromatic rings. The first kappa shape index (κ1) is 19.7. The standard InChI is InChI=1S/C22H21NO4S2/c1-3-27-16-9-7-15(8-10-16)18-12-20(24)23-21-19(13-28-22(18)21)29(25,26)17-6-4-5-14(2)11-17/h4-11,13,18H,3,12H2,1-2H3,(H,23,24)/t18-/m0/s1. The Morgan fingerprint density at radius 2 is 1.93 bits per heavy atom. The molecule has 5 nitrogen and oxygen atoms in total. The predicted octanol–water partition coefficient (Wildman–Crippen LogP) is 4.76. The van der Waals surface area contributed by atoms with E-state index in [0.717, 1.165) is 21.8 Å². The van der Waals surface area contributed by atoms with E-state index in [1.165, 1.54) is 11.3 Å². The third-order valence-electron chi connectivity index (χ3n) is 4.94. The van der Waals surface area contributed by atoms with Gasteiger partial charge >= 0.3 is 0 Å². The smallest absolute Gasteiger partial charge is 0.225 e. The molecule has 1 amide bonds. The summed E-state index contributed by atoms with van der Waals surface area (Å²) in [5.74, 6) is 0.405. The number of fused-ring (bicyclic) bond motifs is 1. The van der Waals surface area contributed by atoms with Crippen molar-refractivity contribution >= 4 is 32.8 Å². The Hall–Kier alpha value is -2.64. The second-order valence-electron chi connectivity index (χ2n) is 6.97. The first-order chi connectivity index (χ1) is 13.9. The third kappa shape index (κ3) is 3.68. The van der Waals surface area contributed by atoms with E-state index >= 15 is 0 Å². The number of rotatable bonds is 5. The Balaban J connectivity index is 1.76. The summed E-state index contributed by atoms with van der Waals surface area (Å²) in [6.45, 7) is 4.36. The van der Waals surface area contributed by atoms with Crippen LogP contribution < -0.4 is 10.1 Å². The van der Waals surface area contributed by atoms with Gasteiger partial charge in [-0.1, -0.05) is 24.3 Å². The van der Waals surface area contributed by atoms with Gasteiger partial charge in [0, 0.05) is 22.6 Å². The summed E-state index contributed by atoms with van der Waals surface area (Å²) in [5, 5.41) is 4.43. The van der Waals surface area contributed by atoms with E-state index in [1.807, 2.05) is 44.2 Å². The van der Waals surface area contributed by atoms with Gasteiger partial charge in [0.1, 0.15) is 10.6 Å². The van der Waals surface area contributed by atoms with Crippen molar-refractivity contribution in [1.82, 2.24) is 0 Å². The maximum atomic E-state index is 13.2. The van der Waals surface area contributed by atoms with E-state index in [0.29, 0.717) is 12.3 Å². The molecule has 0 radical (unpaired) electrons. The largest absolute Gasteiger partial charge is 0.494 e. The number of hydrogen-bond acceptors (Lipinski definition) is 5. The van der Waals surface area contributed by atoms with E-state index < -0.39 is 9.84 Å². The molecule has 0 aliphatic carbocycles. The van der Waals surface area contributed by atoms with Crippen LogP contribution in [0, 0.1) is 6.92 Å².